The highest BCUT2D eigenvalue weighted by Crippen LogP contribution is 2.50. The minimum Gasteiger partial charge on any atom is -0.348 e. The topological polar surface area (TPSA) is 56.2 Å². The number of hydrogen-bond donors (Lipinski definition) is 0. The molecule has 3 atom stereocenters. The van der Waals surface area contributed by atoms with Gasteiger partial charge in [0.25, 0.3) is 5.91 Å². The number of amides is 2. The normalized spacial score (nSPS) is 32.8. The minimum atomic E-state index is -0.556. The summed E-state index contributed by atoms with van der Waals surface area (Å²) >= 11 is 0. The zero-order valence-corrected chi connectivity index (χ0v) is 15.6. The van der Waals surface area contributed by atoms with Crippen molar-refractivity contribution in [1.29, 1.82) is 0 Å². The fourth-order valence-electron chi connectivity index (χ4n) is 4.61. The number of aliphatic imine (C=N–C) groups is 1. The second kappa shape index (κ2) is 6.14. The zero-order valence-electron chi connectivity index (χ0n) is 15.6. The molecule has 0 unspecified atom stereocenters. The Hall–Kier alpha value is -1.43. The van der Waals surface area contributed by atoms with Gasteiger partial charge in [0, 0.05) is 39.6 Å². The molecule has 134 valence electrons. The lowest BCUT2D eigenvalue weighted by Gasteiger charge is -2.29. The van der Waals surface area contributed by atoms with Crippen LogP contribution in [0.1, 0.15) is 33.6 Å². The van der Waals surface area contributed by atoms with Crippen LogP contribution >= 0.6 is 0 Å². The van der Waals surface area contributed by atoms with Crippen LogP contribution in [0.15, 0.2) is 4.99 Å². The summed E-state index contributed by atoms with van der Waals surface area (Å²) in [6.45, 7) is 9.14. The van der Waals surface area contributed by atoms with E-state index in [1.165, 1.54) is 0 Å². The predicted molar refractivity (Wildman–Crippen MR) is 93.7 cm³/mol. The third-order valence-corrected chi connectivity index (χ3v) is 5.80. The highest BCUT2D eigenvalue weighted by atomic mass is 16.2. The first-order valence-electron chi connectivity index (χ1n) is 9.05. The molecule has 1 saturated carbocycles. The van der Waals surface area contributed by atoms with Crippen LogP contribution in [-0.2, 0) is 9.59 Å². The van der Waals surface area contributed by atoms with Gasteiger partial charge >= 0.3 is 0 Å². The predicted octanol–water partition coefficient (Wildman–Crippen LogP) is 1.07. The van der Waals surface area contributed by atoms with E-state index in [1.807, 2.05) is 11.8 Å². The van der Waals surface area contributed by atoms with Gasteiger partial charge in [0.15, 0.2) is 0 Å². The summed E-state index contributed by atoms with van der Waals surface area (Å²) in [6, 6.07) is 0. The van der Waals surface area contributed by atoms with Crippen molar-refractivity contribution in [3.8, 4) is 0 Å². The minimum absolute atomic E-state index is 0.128. The first-order valence-corrected chi connectivity index (χ1v) is 9.05. The Morgan fingerprint density at radius 1 is 1.38 bits per heavy atom. The van der Waals surface area contributed by atoms with Gasteiger partial charge in [-0.1, -0.05) is 13.8 Å². The van der Waals surface area contributed by atoms with Crippen LogP contribution in [-0.4, -0.2) is 78.2 Å². The summed E-state index contributed by atoms with van der Waals surface area (Å²) in [7, 11) is 3.58. The molecule has 2 heterocycles. The van der Waals surface area contributed by atoms with Crippen LogP contribution in [0.25, 0.3) is 0 Å². The van der Waals surface area contributed by atoms with E-state index in [-0.39, 0.29) is 17.7 Å². The average molecular weight is 334 g/mol. The van der Waals surface area contributed by atoms with Crippen LogP contribution < -0.4 is 0 Å². The highest BCUT2D eigenvalue weighted by molar-refractivity contribution is 6.07. The third kappa shape index (κ3) is 2.75. The number of carbonyl (C=O) groups excluding carboxylic acids is 2. The quantitative estimate of drug-likeness (QED) is 0.773. The third-order valence-electron chi connectivity index (χ3n) is 5.80. The molecule has 3 aliphatic rings. The van der Waals surface area contributed by atoms with E-state index < -0.39 is 5.54 Å². The maximum Gasteiger partial charge on any atom is 0.256 e. The number of amidine groups is 1. The van der Waals surface area contributed by atoms with Gasteiger partial charge in [0.1, 0.15) is 11.4 Å². The molecule has 2 amide bonds. The van der Waals surface area contributed by atoms with Crippen LogP contribution in [0.5, 0.6) is 0 Å². The molecule has 2 aliphatic heterocycles. The van der Waals surface area contributed by atoms with Gasteiger partial charge in [0.2, 0.25) is 5.91 Å². The molecule has 0 aromatic heterocycles. The molecular weight excluding hydrogens is 304 g/mol. The summed E-state index contributed by atoms with van der Waals surface area (Å²) < 4.78 is 0. The standard InChI is InChI=1S/C18H30N4O2/c1-12(2)8-22-13(3)19-18(17(22)24)7-6-14-9-21(10-15(14)18)11-16(23)20(4)5/h12,14-15H,6-11H2,1-5H3/t14-,15+,18-/m1/s1. The summed E-state index contributed by atoms with van der Waals surface area (Å²) in [5.41, 5.74) is -0.556. The fraction of sp³-hybridized carbons (Fsp3) is 0.833. The van der Waals surface area contributed by atoms with Crippen LogP contribution in [0, 0.1) is 17.8 Å². The van der Waals surface area contributed by atoms with Crippen molar-refractivity contribution in [3.63, 3.8) is 0 Å². The van der Waals surface area contributed by atoms with Crippen molar-refractivity contribution in [1.82, 2.24) is 14.7 Å². The summed E-state index contributed by atoms with van der Waals surface area (Å²) in [5.74, 6) is 2.37. The monoisotopic (exact) mass is 334 g/mol. The molecule has 0 N–H and O–H groups in total. The molecule has 0 bridgehead atoms. The van der Waals surface area contributed by atoms with Crippen molar-refractivity contribution in [3.05, 3.63) is 0 Å². The first-order chi connectivity index (χ1) is 11.2. The number of carbonyl (C=O) groups is 2. The highest BCUT2D eigenvalue weighted by Gasteiger charge is 2.60. The van der Waals surface area contributed by atoms with Crippen LogP contribution in [0.3, 0.4) is 0 Å². The van der Waals surface area contributed by atoms with Gasteiger partial charge in [-0.3, -0.25) is 24.4 Å². The first kappa shape index (κ1) is 17.4. The van der Waals surface area contributed by atoms with Gasteiger partial charge in [-0.2, -0.15) is 0 Å². The van der Waals surface area contributed by atoms with E-state index in [2.05, 4.69) is 18.7 Å². The number of fused-ring (bicyclic) bond motifs is 2. The molecule has 1 saturated heterocycles. The van der Waals surface area contributed by atoms with E-state index in [9.17, 15) is 9.59 Å². The molecule has 2 fully saturated rings. The van der Waals surface area contributed by atoms with Gasteiger partial charge < -0.3 is 4.90 Å². The lowest BCUT2D eigenvalue weighted by molar-refractivity contribution is -0.132. The summed E-state index contributed by atoms with van der Waals surface area (Å²) in [6.07, 6.45) is 1.90. The average Bonchev–Trinajstić information content (AvgIpc) is 3.10. The van der Waals surface area contributed by atoms with E-state index in [4.69, 9.17) is 4.99 Å². The van der Waals surface area contributed by atoms with Crippen molar-refractivity contribution in [2.45, 2.75) is 39.2 Å². The molecule has 0 aromatic carbocycles. The van der Waals surface area contributed by atoms with Crippen molar-refractivity contribution < 1.29 is 9.59 Å². The second-order valence-corrected chi connectivity index (χ2v) is 8.28. The Kier molecular flexibility index (Phi) is 4.45. The molecule has 24 heavy (non-hydrogen) atoms. The molecule has 0 radical (unpaired) electrons. The Balaban J connectivity index is 1.75. The molecule has 6 heteroatoms. The largest absolute Gasteiger partial charge is 0.348 e. The van der Waals surface area contributed by atoms with E-state index in [0.717, 1.165) is 38.3 Å². The Labute approximate surface area is 144 Å². The SMILES string of the molecule is CC1=N[C@@]2(CC[C@@H]3CN(CC(=O)N(C)C)C[C@@H]32)C(=O)N1CC(C)C. The number of likely N-dealkylation sites (N-methyl/N-ethyl adjacent to an activating group) is 1. The number of likely N-dealkylation sites (tertiary alicyclic amines) is 1. The van der Waals surface area contributed by atoms with Crippen molar-refractivity contribution in [2.75, 3.05) is 40.3 Å². The lowest BCUT2D eigenvalue weighted by Crippen LogP contribution is -2.47. The maximum atomic E-state index is 13.2. The smallest absolute Gasteiger partial charge is 0.256 e. The van der Waals surface area contributed by atoms with Crippen molar-refractivity contribution >= 4 is 17.6 Å². The van der Waals surface area contributed by atoms with Gasteiger partial charge in [-0.15, -0.1) is 0 Å². The number of rotatable bonds is 4. The Morgan fingerprint density at radius 3 is 2.71 bits per heavy atom. The molecule has 0 aromatic rings. The van der Waals surface area contributed by atoms with Gasteiger partial charge in [-0.25, -0.2) is 0 Å². The van der Waals surface area contributed by atoms with E-state index in [1.54, 1.807) is 19.0 Å². The van der Waals surface area contributed by atoms with Gasteiger partial charge in [0.05, 0.1) is 6.54 Å². The molecular formula is C18H30N4O2. The van der Waals surface area contributed by atoms with Crippen LogP contribution in [0.2, 0.25) is 0 Å². The zero-order chi connectivity index (χ0) is 17.6. The summed E-state index contributed by atoms with van der Waals surface area (Å²) in [5, 5.41) is 0. The molecule has 3 rings (SSSR count). The van der Waals surface area contributed by atoms with Gasteiger partial charge in [-0.05, 0) is 31.6 Å². The maximum absolute atomic E-state index is 13.2. The molecule has 1 spiro atoms. The van der Waals surface area contributed by atoms with E-state index >= 15 is 0 Å². The Morgan fingerprint density at radius 2 is 2.08 bits per heavy atom. The van der Waals surface area contributed by atoms with Crippen LogP contribution in [0.4, 0.5) is 0 Å². The molecule has 6 nitrogen and oxygen atoms in total. The fourth-order valence-corrected chi connectivity index (χ4v) is 4.61. The Bertz CT molecular complexity index is 571. The number of nitrogens with zero attached hydrogens (tertiary/aromatic N) is 4. The number of hydrogen-bond acceptors (Lipinski definition) is 4. The van der Waals surface area contributed by atoms with E-state index in [0.29, 0.717) is 18.4 Å². The summed E-state index contributed by atoms with van der Waals surface area (Å²) in [4.78, 5) is 35.8. The second-order valence-electron chi connectivity index (χ2n) is 8.28. The van der Waals surface area contributed by atoms with Crippen molar-refractivity contribution in [2.24, 2.45) is 22.7 Å². The lowest BCUT2D eigenvalue weighted by atomic mass is 9.85. The molecule has 1 aliphatic carbocycles.